The Kier molecular flexibility index (Phi) is 10.00. The van der Waals surface area contributed by atoms with E-state index in [-0.39, 0.29) is 23.9 Å². The number of likely N-dealkylation sites (N-methyl/N-ethyl adjacent to an activating group) is 1. The molecule has 0 spiro atoms. The summed E-state index contributed by atoms with van der Waals surface area (Å²) in [5, 5.41) is 15.0. The van der Waals surface area contributed by atoms with Gasteiger partial charge in [0.25, 0.3) is 5.91 Å². The normalized spacial score (nSPS) is 14.4. The van der Waals surface area contributed by atoms with Crippen LogP contribution in [0.5, 0.6) is 0 Å². The van der Waals surface area contributed by atoms with E-state index in [0.717, 1.165) is 56.6 Å². The number of hydrogen-bond acceptors (Lipinski definition) is 8. The number of anilines is 1. The number of nitrogens with two attached hydrogens (primary N) is 2. The maximum atomic E-state index is 12.5. The lowest BCUT2D eigenvalue weighted by Gasteiger charge is -2.22. The fraction of sp³-hybridized carbons (Fsp3) is 0.440. The zero-order valence-electron chi connectivity index (χ0n) is 20.2. The molecule has 0 aliphatic carbocycles. The molecule has 2 aromatic rings. The van der Waals surface area contributed by atoms with E-state index >= 15 is 0 Å². The third kappa shape index (κ3) is 8.66. The maximum absolute atomic E-state index is 12.5. The standard InChI is InChI=1S/C25H35N7O3/c1-28-25(34)22(26)17-32(27)12-3-2-7-21-8-9-23(31-30-21)29-24(33)16-18-5-4-6-20(15-18)19-10-13-35-14-11-19/h4-6,8-9,15,17,19H,2-3,7,10-14,16,26-27H2,1H3,(H,28,34)(H,29,31,33)/b22-17-. The van der Waals surface area contributed by atoms with E-state index in [9.17, 15) is 9.59 Å². The number of hydrazine groups is 1. The SMILES string of the molecule is CNC(=O)/C(N)=C/N(N)CCCCc1ccc(NC(=O)Cc2cccc(C3CCOCC3)c2)nn1. The lowest BCUT2D eigenvalue weighted by atomic mass is 9.90. The first kappa shape index (κ1) is 26.1. The number of carbonyl (C=O) groups is 2. The summed E-state index contributed by atoms with van der Waals surface area (Å²) in [5.74, 6) is 6.28. The Morgan fingerprint density at radius 1 is 1.17 bits per heavy atom. The largest absolute Gasteiger partial charge is 0.393 e. The number of benzene rings is 1. The van der Waals surface area contributed by atoms with Gasteiger partial charge < -0.3 is 26.1 Å². The van der Waals surface area contributed by atoms with Crippen LogP contribution in [0.15, 0.2) is 48.3 Å². The summed E-state index contributed by atoms with van der Waals surface area (Å²) >= 11 is 0. The minimum absolute atomic E-state index is 0.0607. The number of carbonyl (C=O) groups excluding carboxylic acids is 2. The topological polar surface area (TPSA) is 148 Å². The number of ether oxygens (including phenoxy) is 1. The van der Waals surface area contributed by atoms with Crippen LogP contribution in [0, 0.1) is 0 Å². The van der Waals surface area contributed by atoms with Crippen molar-refractivity contribution in [2.75, 3.05) is 32.1 Å². The molecular formula is C25H35N7O3. The Hall–Kier alpha value is -3.50. The molecular weight excluding hydrogens is 446 g/mol. The van der Waals surface area contributed by atoms with Crippen molar-refractivity contribution in [3.63, 3.8) is 0 Å². The number of nitrogens with zero attached hydrogens (tertiary/aromatic N) is 3. The van der Waals surface area contributed by atoms with Crippen molar-refractivity contribution in [3.05, 3.63) is 65.1 Å². The van der Waals surface area contributed by atoms with Gasteiger partial charge in [0.2, 0.25) is 5.91 Å². The van der Waals surface area contributed by atoms with Crippen LogP contribution in [0.4, 0.5) is 5.82 Å². The molecule has 0 saturated carbocycles. The Bertz CT molecular complexity index is 1000. The van der Waals surface area contributed by atoms with Gasteiger partial charge in [-0.05, 0) is 61.3 Å². The molecule has 1 saturated heterocycles. The van der Waals surface area contributed by atoms with E-state index < -0.39 is 0 Å². The highest BCUT2D eigenvalue weighted by Crippen LogP contribution is 2.27. The van der Waals surface area contributed by atoms with Crippen molar-refractivity contribution in [1.29, 1.82) is 0 Å². The molecule has 35 heavy (non-hydrogen) atoms. The smallest absolute Gasteiger partial charge is 0.268 e. The summed E-state index contributed by atoms with van der Waals surface area (Å²) in [6.45, 7) is 2.14. The van der Waals surface area contributed by atoms with Crippen LogP contribution < -0.4 is 22.2 Å². The Morgan fingerprint density at radius 3 is 2.69 bits per heavy atom. The van der Waals surface area contributed by atoms with E-state index in [1.807, 2.05) is 18.2 Å². The second kappa shape index (κ2) is 13.4. The first-order chi connectivity index (χ1) is 16.9. The molecule has 0 radical (unpaired) electrons. The van der Waals surface area contributed by atoms with Gasteiger partial charge in [-0.25, -0.2) is 5.84 Å². The van der Waals surface area contributed by atoms with E-state index in [4.69, 9.17) is 16.3 Å². The number of rotatable bonds is 11. The van der Waals surface area contributed by atoms with Crippen LogP contribution in [-0.4, -0.2) is 53.8 Å². The van der Waals surface area contributed by atoms with Crippen LogP contribution in [-0.2, 0) is 27.2 Å². The molecule has 2 heterocycles. The molecule has 1 aliphatic rings. The number of amides is 2. The molecule has 6 N–H and O–H groups in total. The van der Waals surface area contributed by atoms with Crippen LogP contribution in [0.1, 0.15) is 48.4 Å². The molecule has 188 valence electrons. The zero-order valence-corrected chi connectivity index (χ0v) is 20.2. The van der Waals surface area contributed by atoms with Gasteiger partial charge in [0, 0.05) is 33.0 Å². The molecule has 1 aliphatic heterocycles. The van der Waals surface area contributed by atoms with Crippen LogP contribution in [0.3, 0.4) is 0 Å². The Balaban J connectivity index is 1.40. The van der Waals surface area contributed by atoms with Gasteiger partial charge in [-0.3, -0.25) is 9.59 Å². The fourth-order valence-electron chi connectivity index (χ4n) is 3.97. The van der Waals surface area contributed by atoms with Gasteiger partial charge in [-0.15, -0.1) is 5.10 Å². The van der Waals surface area contributed by atoms with Gasteiger partial charge in [0.05, 0.1) is 12.1 Å². The molecule has 0 atom stereocenters. The van der Waals surface area contributed by atoms with Gasteiger partial charge in [0.15, 0.2) is 5.82 Å². The molecule has 10 nitrogen and oxygen atoms in total. The van der Waals surface area contributed by atoms with E-state index in [1.165, 1.54) is 23.8 Å². The fourth-order valence-corrected chi connectivity index (χ4v) is 3.97. The summed E-state index contributed by atoms with van der Waals surface area (Å²) < 4.78 is 5.45. The first-order valence-electron chi connectivity index (χ1n) is 11.9. The monoisotopic (exact) mass is 481 g/mol. The second-order valence-electron chi connectivity index (χ2n) is 8.63. The summed E-state index contributed by atoms with van der Waals surface area (Å²) in [4.78, 5) is 23.9. The predicted octanol–water partition coefficient (Wildman–Crippen LogP) is 1.60. The molecule has 0 bridgehead atoms. The molecule has 3 rings (SSSR count). The van der Waals surface area contributed by atoms with Crippen molar-refractivity contribution in [1.82, 2.24) is 20.5 Å². The third-order valence-corrected chi connectivity index (χ3v) is 5.89. The second-order valence-corrected chi connectivity index (χ2v) is 8.63. The quantitative estimate of drug-likeness (QED) is 0.164. The molecule has 1 aromatic carbocycles. The van der Waals surface area contributed by atoms with Gasteiger partial charge in [-0.2, -0.15) is 5.10 Å². The van der Waals surface area contributed by atoms with Crippen molar-refractivity contribution in [2.45, 2.75) is 44.4 Å². The summed E-state index contributed by atoms with van der Waals surface area (Å²) in [6, 6.07) is 11.9. The van der Waals surface area contributed by atoms with Crippen molar-refractivity contribution >= 4 is 17.6 Å². The molecule has 1 fully saturated rings. The Labute approximate surface area is 206 Å². The average Bonchev–Trinajstić information content (AvgIpc) is 2.87. The molecule has 0 unspecified atom stereocenters. The highest BCUT2D eigenvalue weighted by Gasteiger charge is 2.16. The first-order valence-corrected chi connectivity index (χ1v) is 11.9. The predicted molar refractivity (Wildman–Crippen MR) is 134 cm³/mol. The third-order valence-electron chi connectivity index (χ3n) is 5.89. The van der Waals surface area contributed by atoms with E-state index in [0.29, 0.717) is 18.3 Å². The van der Waals surface area contributed by atoms with Gasteiger partial charge in [0.1, 0.15) is 5.70 Å². The zero-order chi connectivity index (χ0) is 25.0. The van der Waals surface area contributed by atoms with Crippen LogP contribution in [0.2, 0.25) is 0 Å². The summed E-state index contributed by atoms with van der Waals surface area (Å²) in [5.41, 5.74) is 8.77. The Morgan fingerprint density at radius 2 is 1.97 bits per heavy atom. The average molecular weight is 482 g/mol. The molecule has 1 aromatic heterocycles. The molecule has 2 amide bonds. The van der Waals surface area contributed by atoms with Gasteiger partial charge in [-0.1, -0.05) is 24.3 Å². The lowest BCUT2D eigenvalue weighted by molar-refractivity contribution is -0.117. The minimum Gasteiger partial charge on any atom is -0.393 e. The highest BCUT2D eigenvalue weighted by molar-refractivity contribution is 5.92. The number of aromatic nitrogens is 2. The maximum Gasteiger partial charge on any atom is 0.268 e. The van der Waals surface area contributed by atoms with Crippen molar-refractivity contribution in [2.24, 2.45) is 11.6 Å². The summed E-state index contributed by atoms with van der Waals surface area (Å²) in [6.07, 6.45) is 6.10. The van der Waals surface area contributed by atoms with Crippen molar-refractivity contribution < 1.29 is 14.3 Å². The van der Waals surface area contributed by atoms with Gasteiger partial charge >= 0.3 is 0 Å². The number of unbranched alkanes of at least 4 members (excludes halogenated alkanes) is 1. The number of hydrogen-bond donors (Lipinski definition) is 4. The van der Waals surface area contributed by atoms with E-state index in [2.05, 4.69) is 33.0 Å². The van der Waals surface area contributed by atoms with Crippen LogP contribution >= 0.6 is 0 Å². The lowest BCUT2D eigenvalue weighted by Crippen LogP contribution is -2.32. The minimum atomic E-state index is -0.369. The molecule has 10 heteroatoms. The van der Waals surface area contributed by atoms with E-state index in [1.54, 1.807) is 6.07 Å². The number of aryl methyl sites for hydroxylation is 1. The number of nitrogens with one attached hydrogen (secondary N) is 2. The summed E-state index contributed by atoms with van der Waals surface area (Å²) in [7, 11) is 1.51. The van der Waals surface area contributed by atoms with Crippen LogP contribution in [0.25, 0.3) is 0 Å². The highest BCUT2D eigenvalue weighted by atomic mass is 16.5. The van der Waals surface area contributed by atoms with Crippen molar-refractivity contribution in [3.8, 4) is 0 Å².